The fourth-order valence-corrected chi connectivity index (χ4v) is 2.22. The molecular weight excluding hydrogens is 305 g/mol. The molecule has 0 radical (unpaired) electrons. The first kappa shape index (κ1) is 15.4. The number of nitrogens with zero attached hydrogens (tertiary/aromatic N) is 1. The second-order valence-electron chi connectivity index (χ2n) is 4.09. The Balaban J connectivity index is 2.08. The number of aromatic carboxylic acids is 1. The normalized spacial score (nSPS) is 11.6. The van der Waals surface area contributed by atoms with Gasteiger partial charge in [-0.15, -0.1) is 0 Å². The first-order valence-corrected chi connectivity index (χ1v) is 6.93. The molecule has 0 saturated heterocycles. The Morgan fingerprint density at radius 1 is 1.29 bits per heavy atom. The number of thioether (sulfide) groups is 1. The standard InChI is InChI=1S/C13H11F3N2O2S/c14-13(15,16)21-7-6-17-11-5-4-8-9(12(19)20)2-1-3-10(8)18-11/h1-5H,6-7H2,(H,17,18)(H,19,20). The van der Waals surface area contributed by atoms with Gasteiger partial charge in [0.05, 0.1) is 11.1 Å². The van der Waals surface area contributed by atoms with Crippen molar-refractivity contribution in [1.29, 1.82) is 0 Å². The van der Waals surface area contributed by atoms with Gasteiger partial charge in [0.25, 0.3) is 0 Å². The van der Waals surface area contributed by atoms with Gasteiger partial charge < -0.3 is 10.4 Å². The molecule has 0 fully saturated rings. The van der Waals surface area contributed by atoms with Crippen LogP contribution in [0.25, 0.3) is 10.9 Å². The van der Waals surface area contributed by atoms with E-state index in [1.807, 2.05) is 0 Å². The maximum Gasteiger partial charge on any atom is 0.441 e. The van der Waals surface area contributed by atoms with Gasteiger partial charge in [0.15, 0.2) is 0 Å². The number of carbonyl (C=O) groups is 1. The van der Waals surface area contributed by atoms with Crippen LogP contribution >= 0.6 is 11.8 Å². The highest BCUT2D eigenvalue weighted by atomic mass is 32.2. The van der Waals surface area contributed by atoms with Crippen molar-refractivity contribution in [2.75, 3.05) is 17.6 Å². The highest BCUT2D eigenvalue weighted by molar-refractivity contribution is 8.00. The number of halogens is 3. The number of hydrogen-bond acceptors (Lipinski definition) is 4. The second-order valence-corrected chi connectivity index (χ2v) is 5.25. The second kappa shape index (κ2) is 6.21. The molecule has 2 aromatic rings. The van der Waals surface area contributed by atoms with Gasteiger partial charge in [0.2, 0.25) is 0 Å². The van der Waals surface area contributed by atoms with Gasteiger partial charge in [0.1, 0.15) is 5.82 Å². The van der Waals surface area contributed by atoms with E-state index in [2.05, 4.69) is 10.3 Å². The van der Waals surface area contributed by atoms with E-state index in [1.165, 1.54) is 6.07 Å². The Labute approximate surface area is 122 Å². The molecule has 0 aliphatic carbocycles. The molecule has 2 N–H and O–H groups in total. The molecule has 0 unspecified atom stereocenters. The lowest BCUT2D eigenvalue weighted by molar-refractivity contribution is -0.0327. The van der Waals surface area contributed by atoms with Gasteiger partial charge in [-0.2, -0.15) is 13.2 Å². The third-order valence-electron chi connectivity index (χ3n) is 2.64. The third kappa shape index (κ3) is 4.25. The molecular formula is C13H11F3N2O2S. The third-order valence-corrected chi connectivity index (χ3v) is 3.37. The zero-order chi connectivity index (χ0) is 15.5. The summed E-state index contributed by atoms with van der Waals surface area (Å²) >= 11 is -0.105. The number of nitrogens with one attached hydrogen (secondary N) is 1. The van der Waals surface area contributed by atoms with E-state index in [0.29, 0.717) is 16.7 Å². The molecule has 0 spiro atoms. The molecule has 0 amide bonds. The van der Waals surface area contributed by atoms with Crippen molar-refractivity contribution in [3.8, 4) is 0 Å². The summed E-state index contributed by atoms with van der Waals surface area (Å²) in [5.41, 5.74) is -3.63. The number of carboxylic acid groups (broad SMARTS) is 1. The topological polar surface area (TPSA) is 62.2 Å². The van der Waals surface area contributed by atoms with E-state index in [9.17, 15) is 18.0 Å². The first-order chi connectivity index (χ1) is 9.87. The molecule has 1 heterocycles. The number of anilines is 1. The molecule has 2 rings (SSSR count). The quantitative estimate of drug-likeness (QED) is 0.825. The average Bonchev–Trinajstić information content (AvgIpc) is 2.41. The number of hydrogen-bond donors (Lipinski definition) is 2. The number of carboxylic acids is 1. The number of benzene rings is 1. The van der Waals surface area contributed by atoms with Gasteiger partial charge in [0, 0.05) is 17.7 Å². The van der Waals surface area contributed by atoms with Gasteiger partial charge in [-0.05, 0) is 36.0 Å². The number of rotatable bonds is 5. The van der Waals surface area contributed by atoms with Crippen LogP contribution < -0.4 is 5.32 Å². The van der Waals surface area contributed by atoms with Crippen LogP contribution in [0, 0.1) is 0 Å². The molecule has 21 heavy (non-hydrogen) atoms. The Kier molecular flexibility index (Phi) is 4.56. The van der Waals surface area contributed by atoms with Gasteiger partial charge in [-0.3, -0.25) is 0 Å². The van der Waals surface area contributed by atoms with Crippen LogP contribution in [0.4, 0.5) is 19.0 Å². The van der Waals surface area contributed by atoms with Crippen LogP contribution in [-0.2, 0) is 0 Å². The van der Waals surface area contributed by atoms with Crippen molar-refractivity contribution >= 4 is 34.5 Å². The van der Waals surface area contributed by atoms with Crippen LogP contribution in [0.2, 0.25) is 0 Å². The van der Waals surface area contributed by atoms with Crippen LogP contribution in [0.15, 0.2) is 30.3 Å². The van der Waals surface area contributed by atoms with Crippen LogP contribution in [-0.4, -0.2) is 33.9 Å². The summed E-state index contributed by atoms with van der Waals surface area (Å²) in [6.07, 6.45) is 0. The van der Waals surface area contributed by atoms with Crippen molar-refractivity contribution in [1.82, 2.24) is 4.98 Å². The van der Waals surface area contributed by atoms with Crippen molar-refractivity contribution in [3.63, 3.8) is 0 Å². The van der Waals surface area contributed by atoms with Crippen LogP contribution in [0.5, 0.6) is 0 Å². The van der Waals surface area contributed by atoms with Gasteiger partial charge in [-0.25, -0.2) is 9.78 Å². The zero-order valence-corrected chi connectivity index (χ0v) is 11.5. The summed E-state index contributed by atoms with van der Waals surface area (Å²) in [6.45, 7) is 0.112. The highest BCUT2D eigenvalue weighted by Gasteiger charge is 2.27. The van der Waals surface area contributed by atoms with E-state index in [4.69, 9.17) is 5.11 Å². The first-order valence-electron chi connectivity index (χ1n) is 5.94. The fourth-order valence-electron chi connectivity index (χ4n) is 1.79. The molecule has 0 aliphatic rings. The summed E-state index contributed by atoms with van der Waals surface area (Å²) in [5.74, 6) is -0.768. The molecule has 1 aromatic heterocycles. The molecule has 112 valence electrons. The fraction of sp³-hybridized carbons (Fsp3) is 0.231. The van der Waals surface area contributed by atoms with Gasteiger partial charge >= 0.3 is 11.5 Å². The minimum absolute atomic E-state index is 0.105. The smallest absolute Gasteiger partial charge is 0.441 e. The van der Waals surface area contributed by atoms with E-state index in [1.54, 1.807) is 24.3 Å². The Bertz CT molecular complexity index is 661. The summed E-state index contributed by atoms with van der Waals surface area (Å²) in [4.78, 5) is 15.2. The summed E-state index contributed by atoms with van der Waals surface area (Å²) in [5, 5.41) is 12.3. The lowest BCUT2D eigenvalue weighted by atomic mass is 10.1. The van der Waals surface area contributed by atoms with Gasteiger partial charge in [-0.1, -0.05) is 6.07 Å². The molecule has 0 saturated carbocycles. The molecule has 8 heteroatoms. The van der Waals surface area contributed by atoms with E-state index in [-0.39, 0.29) is 29.6 Å². The predicted octanol–water partition coefficient (Wildman–Crippen LogP) is 3.60. The van der Waals surface area contributed by atoms with E-state index in [0.717, 1.165) is 0 Å². The number of aromatic nitrogens is 1. The molecule has 0 aliphatic heterocycles. The summed E-state index contributed by atoms with van der Waals surface area (Å²) < 4.78 is 35.9. The zero-order valence-electron chi connectivity index (χ0n) is 10.6. The van der Waals surface area contributed by atoms with E-state index >= 15 is 0 Å². The van der Waals surface area contributed by atoms with Crippen molar-refractivity contribution in [3.05, 3.63) is 35.9 Å². The molecule has 1 aromatic carbocycles. The lowest BCUT2D eigenvalue weighted by Crippen LogP contribution is -2.10. The van der Waals surface area contributed by atoms with Crippen molar-refractivity contribution in [2.45, 2.75) is 5.51 Å². The van der Waals surface area contributed by atoms with Crippen LogP contribution in [0.3, 0.4) is 0 Å². The Morgan fingerprint density at radius 2 is 2.05 bits per heavy atom. The summed E-state index contributed by atoms with van der Waals surface area (Å²) in [7, 11) is 0. The molecule has 0 atom stereocenters. The van der Waals surface area contributed by atoms with Crippen LogP contribution in [0.1, 0.15) is 10.4 Å². The Hall–Kier alpha value is -1.96. The summed E-state index contributed by atoms with van der Waals surface area (Å²) in [6, 6.07) is 7.83. The molecule has 0 bridgehead atoms. The minimum Gasteiger partial charge on any atom is -0.478 e. The maximum atomic E-state index is 12.0. The largest absolute Gasteiger partial charge is 0.478 e. The lowest BCUT2D eigenvalue weighted by Gasteiger charge is -2.09. The minimum atomic E-state index is -4.24. The highest BCUT2D eigenvalue weighted by Crippen LogP contribution is 2.29. The van der Waals surface area contributed by atoms with Crippen molar-refractivity contribution in [2.24, 2.45) is 0 Å². The monoisotopic (exact) mass is 316 g/mol. The van der Waals surface area contributed by atoms with E-state index < -0.39 is 11.5 Å². The van der Waals surface area contributed by atoms with Crippen molar-refractivity contribution < 1.29 is 23.1 Å². The number of fused-ring (bicyclic) bond motifs is 1. The molecule has 4 nitrogen and oxygen atoms in total. The predicted molar refractivity (Wildman–Crippen MR) is 75.7 cm³/mol. The average molecular weight is 316 g/mol. The number of pyridine rings is 1. The maximum absolute atomic E-state index is 12.0. The number of alkyl halides is 3. The Morgan fingerprint density at radius 3 is 2.71 bits per heavy atom. The SMILES string of the molecule is O=C(O)c1cccc2nc(NCCSC(F)(F)F)ccc12.